The van der Waals surface area contributed by atoms with E-state index in [4.69, 9.17) is 9.84 Å². The van der Waals surface area contributed by atoms with Crippen LogP contribution >= 0.6 is 11.8 Å². The Hall–Kier alpha value is -0.740. The van der Waals surface area contributed by atoms with Crippen LogP contribution in [0.1, 0.15) is 6.42 Å². The molecule has 0 bridgehead atoms. The van der Waals surface area contributed by atoms with Crippen molar-refractivity contribution in [1.29, 1.82) is 0 Å². The summed E-state index contributed by atoms with van der Waals surface area (Å²) < 4.78 is 17.9. The molecule has 1 N–H and O–H groups in total. The SMILES string of the molecule is OCCSCCCOc1ccc(F)cc1. The van der Waals surface area contributed by atoms with Gasteiger partial charge in [-0.15, -0.1) is 0 Å². The smallest absolute Gasteiger partial charge is 0.123 e. The van der Waals surface area contributed by atoms with Gasteiger partial charge in [-0.25, -0.2) is 4.39 Å². The van der Waals surface area contributed by atoms with Gasteiger partial charge in [0.15, 0.2) is 0 Å². The maximum Gasteiger partial charge on any atom is 0.123 e. The first-order valence-electron chi connectivity index (χ1n) is 4.90. The minimum Gasteiger partial charge on any atom is -0.494 e. The third-order valence-corrected chi connectivity index (χ3v) is 2.80. The highest BCUT2D eigenvalue weighted by Crippen LogP contribution is 2.11. The summed E-state index contributed by atoms with van der Waals surface area (Å²) in [6, 6.07) is 6.01. The topological polar surface area (TPSA) is 29.5 Å². The molecule has 15 heavy (non-hydrogen) atoms. The van der Waals surface area contributed by atoms with Gasteiger partial charge in [-0.2, -0.15) is 11.8 Å². The lowest BCUT2D eigenvalue weighted by atomic mass is 10.3. The largest absolute Gasteiger partial charge is 0.494 e. The first-order chi connectivity index (χ1) is 7.33. The fourth-order valence-corrected chi connectivity index (χ4v) is 1.70. The van der Waals surface area contributed by atoms with E-state index in [1.807, 2.05) is 0 Å². The van der Waals surface area contributed by atoms with E-state index in [2.05, 4.69) is 0 Å². The summed E-state index contributed by atoms with van der Waals surface area (Å²) in [6.45, 7) is 0.855. The molecule has 0 heterocycles. The molecule has 0 atom stereocenters. The molecule has 0 radical (unpaired) electrons. The van der Waals surface area contributed by atoms with E-state index in [9.17, 15) is 4.39 Å². The molecular formula is C11H15FO2S. The van der Waals surface area contributed by atoms with Gasteiger partial charge in [-0.1, -0.05) is 0 Å². The monoisotopic (exact) mass is 230 g/mol. The summed E-state index contributed by atoms with van der Waals surface area (Å²) in [7, 11) is 0. The summed E-state index contributed by atoms with van der Waals surface area (Å²) >= 11 is 1.70. The highest BCUT2D eigenvalue weighted by molar-refractivity contribution is 7.99. The number of aliphatic hydroxyl groups excluding tert-OH is 1. The number of aliphatic hydroxyl groups is 1. The van der Waals surface area contributed by atoms with E-state index in [1.54, 1.807) is 23.9 Å². The molecule has 0 aliphatic heterocycles. The third kappa shape index (κ3) is 5.64. The van der Waals surface area contributed by atoms with Crippen molar-refractivity contribution in [2.75, 3.05) is 24.7 Å². The molecular weight excluding hydrogens is 215 g/mol. The van der Waals surface area contributed by atoms with Gasteiger partial charge in [0.1, 0.15) is 11.6 Å². The quantitative estimate of drug-likeness (QED) is 0.729. The van der Waals surface area contributed by atoms with Crippen molar-refractivity contribution < 1.29 is 14.2 Å². The van der Waals surface area contributed by atoms with E-state index < -0.39 is 0 Å². The van der Waals surface area contributed by atoms with Gasteiger partial charge in [0, 0.05) is 5.75 Å². The first-order valence-corrected chi connectivity index (χ1v) is 6.05. The number of hydrogen-bond donors (Lipinski definition) is 1. The molecule has 0 aliphatic carbocycles. The fraction of sp³-hybridized carbons (Fsp3) is 0.455. The molecule has 1 aromatic carbocycles. The maximum atomic E-state index is 12.5. The van der Waals surface area contributed by atoms with Crippen LogP contribution in [-0.4, -0.2) is 29.8 Å². The molecule has 1 aromatic rings. The molecule has 4 heteroatoms. The van der Waals surface area contributed by atoms with Crippen molar-refractivity contribution in [1.82, 2.24) is 0 Å². The fourth-order valence-electron chi connectivity index (χ4n) is 1.05. The van der Waals surface area contributed by atoms with Crippen molar-refractivity contribution >= 4 is 11.8 Å². The van der Waals surface area contributed by atoms with Crippen LogP contribution in [0.25, 0.3) is 0 Å². The Kier molecular flexibility index (Phi) is 6.20. The van der Waals surface area contributed by atoms with Gasteiger partial charge >= 0.3 is 0 Å². The predicted octanol–water partition coefficient (Wildman–Crippen LogP) is 2.32. The number of rotatable bonds is 7. The zero-order chi connectivity index (χ0) is 10.9. The van der Waals surface area contributed by atoms with Crippen LogP contribution in [0.3, 0.4) is 0 Å². The van der Waals surface area contributed by atoms with Gasteiger partial charge in [-0.3, -0.25) is 0 Å². The van der Waals surface area contributed by atoms with E-state index in [1.165, 1.54) is 12.1 Å². The molecule has 0 spiro atoms. The lowest BCUT2D eigenvalue weighted by molar-refractivity contribution is 0.316. The average Bonchev–Trinajstić information content (AvgIpc) is 2.26. The van der Waals surface area contributed by atoms with Gasteiger partial charge in [0.05, 0.1) is 13.2 Å². The highest BCUT2D eigenvalue weighted by atomic mass is 32.2. The lowest BCUT2D eigenvalue weighted by Crippen LogP contribution is -1.99. The molecule has 0 aliphatic rings. The summed E-state index contributed by atoms with van der Waals surface area (Å²) in [4.78, 5) is 0. The third-order valence-electron chi connectivity index (χ3n) is 1.75. The molecule has 0 saturated carbocycles. The number of ether oxygens (including phenoxy) is 1. The molecule has 84 valence electrons. The lowest BCUT2D eigenvalue weighted by Gasteiger charge is -2.05. The van der Waals surface area contributed by atoms with E-state index in [0.29, 0.717) is 12.4 Å². The van der Waals surface area contributed by atoms with Gasteiger partial charge in [0.2, 0.25) is 0 Å². The Morgan fingerprint density at radius 2 is 1.93 bits per heavy atom. The van der Waals surface area contributed by atoms with Crippen LogP contribution < -0.4 is 4.74 Å². The molecule has 2 nitrogen and oxygen atoms in total. The van der Waals surface area contributed by atoms with Crippen LogP contribution in [0.2, 0.25) is 0 Å². The Bertz CT molecular complexity index is 264. The van der Waals surface area contributed by atoms with Crippen molar-refractivity contribution in [3.8, 4) is 5.75 Å². The number of halogens is 1. The minimum atomic E-state index is -0.249. The normalized spacial score (nSPS) is 10.3. The van der Waals surface area contributed by atoms with Crippen LogP contribution in [0.15, 0.2) is 24.3 Å². The van der Waals surface area contributed by atoms with Crippen LogP contribution in [0.5, 0.6) is 5.75 Å². The standard InChI is InChI=1S/C11H15FO2S/c12-10-2-4-11(5-3-10)14-7-1-8-15-9-6-13/h2-5,13H,1,6-9H2. The average molecular weight is 230 g/mol. The van der Waals surface area contributed by atoms with Crippen molar-refractivity contribution in [2.45, 2.75) is 6.42 Å². The summed E-state index contributed by atoms with van der Waals surface area (Å²) in [5, 5.41) is 8.54. The summed E-state index contributed by atoms with van der Waals surface area (Å²) in [6.07, 6.45) is 0.933. The number of hydrogen-bond acceptors (Lipinski definition) is 3. The van der Waals surface area contributed by atoms with Crippen LogP contribution in [-0.2, 0) is 0 Å². The van der Waals surface area contributed by atoms with Crippen molar-refractivity contribution in [3.63, 3.8) is 0 Å². The minimum absolute atomic E-state index is 0.226. The predicted molar refractivity (Wildman–Crippen MR) is 60.9 cm³/mol. The first kappa shape index (κ1) is 12.3. The van der Waals surface area contributed by atoms with Crippen LogP contribution in [0.4, 0.5) is 4.39 Å². The van der Waals surface area contributed by atoms with Gasteiger partial charge in [0.25, 0.3) is 0 Å². The maximum absolute atomic E-state index is 12.5. The second kappa shape index (κ2) is 7.54. The molecule has 0 unspecified atom stereocenters. The Balaban J connectivity index is 2.07. The Morgan fingerprint density at radius 3 is 2.60 bits per heavy atom. The van der Waals surface area contributed by atoms with E-state index in [0.717, 1.165) is 17.9 Å². The zero-order valence-corrected chi connectivity index (χ0v) is 9.30. The van der Waals surface area contributed by atoms with E-state index >= 15 is 0 Å². The van der Waals surface area contributed by atoms with Crippen LogP contribution in [0, 0.1) is 5.82 Å². The molecule has 0 amide bonds. The summed E-state index contributed by atoms with van der Waals surface area (Å²) in [5.41, 5.74) is 0. The molecule has 0 aromatic heterocycles. The second-order valence-corrected chi connectivity index (χ2v) is 4.22. The Morgan fingerprint density at radius 1 is 1.20 bits per heavy atom. The number of thioether (sulfide) groups is 1. The second-order valence-electron chi connectivity index (χ2n) is 2.99. The molecule has 0 saturated heterocycles. The number of benzene rings is 1. The van der Waals surface area contributed by atoms with Gasteiger partial charge < -0.3 is 9.84 Å². The van der Waals surface area contributed by atoms with Gasteiger partial charge in [-0.05, 0) is 36.4 Å². The van der Waals surface area contributed by atoms with E-state index in [-0.39, 0.29) is 12.4 Å². The van der Waals surface area contributed by atoms with Crippen molar-refractivity contribution in [3.05, 3.63) is 30.1 Å². The highest BCUT2D eigenvalue weighted by Gasteiger charge is 1.94. The Labute approximate surface area is 93.5 Å². The molecule has 1 rings (SSSR count). The molecule has 0 fully saturated rings. The summed E-state index contributed by atoms with van der Waals surface area (Å²) in [5.74, 6) is 2.20. The zero-order valence-electron chi connectivity index (χ0n) is 8.49. The van der Waals surface area contributed by atoms with Crippen molar-refractivity contribution in [2.24, 2.45) is 0 Å².